The van der Waals surface area contributed by atoms with Crippen LogP contribution in [0.3, 0.4) is 0 Å². The minimum absolute atomic E-state index is 0.0253. The first-order chi connectivity index (χ1) is 11.4. The summed E-state index contributed by atoms with van der Waals surface area (Å²) < 4.78 is 6.24. The number of ether oxygens (including phenoxy) is 1. The molecule has 0 aromatic carbocycles. The molecule has 0 saturated carbocycles. The van der Waals surface area contributed by atoms with Crippen LogP contribution < -0.4 is 5.32 Å². The topological polar surface area (TPSA) is 125 Å². The van der Waals surface area contributed by atoms with Crippen molar-refractivity contribution in [2.24, 2.45) is 0 Å². The first kappa shape index (κ1) is 19.4. The van der Waals surface area contributed by atoms with Crippen LogP contribution in [-0.4, -0.2) is 38.2 Å². The summed E-state index contributed by atoms with van der Waals surface area (Å²) in [6.07, 6.45) is 1.24. The maximum absolute atomic E-state index is 10.7. The zero-order valence-corrected chi connectivity index (χ0v) is 14.5. The van der Waals surface area contributed by atoms with Crippen LogP contribution >= 0.6 is 23.6 Å². The fourth-order valence-electron chi connectivity index (χ4n) is 1.59. The van der Waals surface area contributed by atoms with Gasteiger partial charge in [0.05, 0.1) is 18.6 Å². The third-order valence-electron chi connectivity index (χ3n) is 2.70. The fourth-order valence-corrected chi connectivity index (χ4v) is 2.24. The van der Waals surface area contributed by atoms with E-state index in [-0.39, 0.29) is 16.0 Å². The maximum Gasteiger partial charge on any atom is 0.342 e. The Morgan fingerprint density at radius 2 is 2.17 bits per heavy atom. The quantitative estimate of drug-likeness (QED) is 0.480. The molecule has 0 unspecified atom stereocenters. The van der Waals surface area contributed by atoms with Gasteiger partial charge in [0.15, 0.2) is 5.82 Å². The van der Waals surface area contributed by atoms with Crippen molar-refractivity contribution in [1.29, 1.82) is 0 Å². The summed E-state index contributed by atoms with van der Waals surface area (Å²) >= 11 is 5.91. The zero-order valence-electron chi connectivity index (χ0n) is 12.9. The van der Waals surface area contributed by atoms with Gasteiger partial charge in [-0.05, 0) is 28.6 Å². The lowest BCUT2D eigenvalue weighted by Crippen LogP contribution is -2.27. The Balaban J connectivity index is 0.000000300. The number of aryl methyl sites for hydroxylation is 1. The van der Waals surface area contributed by atoms with Crippen molar-refractivity contribution in [3.8, 4) is 0 Å². The van der Waals surface area contributed by atoms with Crippen molar-refractivity contribution in [1.82, 2.24) is 14.9 Å². The number of methoxy groups -OCH3 is 1. The average Bonchev–Trinajstić information content (AvgIpc) is 3.18. The van der Waals surface area contributed by atoms with Crippen LogP contribution in [0.5, 0.6) is 0 Å². The lowest BCUT2D eigenvalue weighted by Gasteiger charge is -2.06. The van der Waals surface area contributed by atoms with E-state index in [9.17, 15) is 20.2 Å². The Labute approximate surface area is 146 Å². The molecule has 0 fully saturated rings. The normalized spacial score (nSPS) is 9.58. The molecule has 2 rings (SSSR count). The van der Waals surface area contributed by atoms with Gasteiger partial charge >= 0.3 is 10.8 Å². The molecule has 0 aliphatic heterocycles. The van der Waals surface area contributed by atoms with E-state index in [0.29, 0.717) is 18.9 Å². The molecule has 0 spiro atoms. The van der Waals surface area contributed by atoms with Gasteiger partial charge in [-0.3, -0.25) is 10.1 Å². The summed E-state index contributed by atoms with van der Waals surface area (Å²) in [4.78, 5) is 23.6. The smallest absolute Gasteiger partial charge is 0.342 e. The van der Waals surface area contributed by atoms with Crippen molar-refractivity contribution in [3.63, 3.8) is 0 Å². The molecule has 12 heteroatoms. The standard InChI is InChI=1S/C8H12N4O3S.C4H3NO2S/c1-6-10-5-7(12(13)14)11(6)4-3-9-8(16)15-2;6-5(7)4-2-1-3-8-4/h5H,3-4H2,1-2H3,(H,9,16);1-3H. The van der Waals surface area contributed by atoms with Crippen molar-refractivity contribution >= 4 is 39.5 Å². The molecule has 130 valence electrons. The van der Waals surface area contributed by atoms with E-state index in [2.05, 4.69) is 10.3 Å². The monoisotopic (exact) mass is 373 g/mol. The van der Waals surface area contributed by atoms with Crippen LogP contribution in [0.25, 0.3) is 0 Å². The Kier molecular flexibility index (Phi) is 7.71. The van der Waals surface area contributed by atoms with Crippen molar-refractivity contribution in [2.45, 2.75) is 13.5 Å². The van der Waals surface area contributed by atoms with Gasteiger partial charge in [0, 0.05) is 13.0 Å². The first-order valence-electron chi connectivity index (χ1n) is 6.53. The van der Waals surface area contributed by atoms with Gasteiger partial charge in [-0.1, -0.05) is 11.3 Å². The highest BCUT2D eigenvalue weighted by Crippen LogP contribution is 2.16. The number of imidazole rings is 1. The van der Waals surface area contributed by atoms with Crippen LogP contribution in [0.2, 0.25) is 0 Å². The van der Waals surface area contributed by atoms with Crippen LogP contribution in [0.1, 0.15) is 5.82 Å². The van der Waals surface area contributed by atoms with Crippen LogP contribution in [0.4, 0.5) is 10.8 Å². The second-order valence-corrected chi connectivity index (χ2v) is 5.50. The number of nitrogens with one attached hydrogen (secondary N) is 1. The molecule has 2 aromatic rings. The Morgan fingerprint density at radius 1 is 1.46 bits per heavy atom. The maximum atomic E-state index is 10.7. The van der Waals surface area contributed by atoms with E-state index in [4.69, 9.17) is 17.0 Å². The van der Waals surface area contributed by atoms with Crippen molar-refractivity contribution < 1.29 is 14.6 Å². The summed E-state index contributed by atoms with van der Waals surface area (Å²) in [6.45, 7) is 2.57. The second kappa shape index (κ2) is 9.52. The fraction of sp³-hybridized carbons (Fsp3) is 0.333. The molecule has 2 aromatic heterocycles. The summed E-state index contributed by atoms with van der Waals surface area (Å²) in [5, 5.41) is 25.5. The number of rotatable bonds is 5. The zero-order chi connectivity index (χ0) is 18.1. The lowest BCUT2D eigenvalue weighted by atomic mass is 10.5. The van der Waals surface area contributed by atoms with Gasteiger partial charge in [0.2, 0.25) is 0 Å². The van der Waals surface area contributed by atoms with E-state index in [1.54, 1.807) is 18.4 Å². The van der Waals surface area contributed by atoms with Crippen LogP contribution in [-0.2, 0) is 11.3 Å². The number of hydrogen-bond donors (Lipinski definition) is 1. The first-order valence-corrected chi connectivity index (χ1v) is 7.81. The lowest BCUT2D eigenvalue weighted by molar-refractivity contribution is -0.392. The van der Waals surface area contributed by atoms with Gasteiger partial charge in [0.25, 0.3) is 5.17 Å². The molecular formula is C12H15N5O5S2. The van der Waals surface area contributed by atoms with Crippen molar-refractivity contribution in [2.75, 3.05) is 13.7 Å². The average molecular weight is 373 g/mol. The molecule has 0 aliphatic rings. The van der Waals surface area contributed by atoms with Crippen molar-refractivity contribution in [3.05, 3.63) is 49.8 Å². The third kappa shape index (κ3) is 5.89. The van der Waals surface area contributed by atoms with Gasteiger partial charge in [0.1, 0.15) is 12.7 Å². The Hall–Kier alpha value is -2.60. The second-order valence-electron chi connectivity index (χ2n) is 4.20. The molecule has 0 radical (unpaired) electrons. The molecule has 1 N–H and O–H groups in total. The summed E-state index contributed by atoms with van der Waals surface area (Å²) in [5.41, 5.74) is 0. The molecule has 24 heavy (non-hydrogen) atoms. The van der Waals surface area contributed by atoms with Gasteiger partial charge in [-0.2, -0.15) is 0 Å². The Bertz CT molecular complexity index is 701. The predicted octanol–water partition coefficient (Wildman–Crippen LogP) is 2.28. The molecule has 0 amide bonds. The van der Waals surface area contributed by atoms with Gasteiger partial charge in [-0.15, -0.1) is 0 Å². The minimum Gasteiger partial charge on any atom is -0.474 e. The number of hydrogen-bond acceptors (Lipinski definition) is 8. The molecular weight excluding hydrogens is 358 g/mol. The molecule has 2 heterocycles. The van der Waals surface area contributed by atoms with E-state index < -0.39 is 9.85 Å². The molecule has 0 saturated heterocycles. The molecule has 0 atom stereocenters. The van der Waals surface area contributed by atoms with E-state index in [1.165, 1.54) is 23.9 Å². The molecule has 10 nitrogen and oxygen atoms in total. The highest BCUT2D eigenvalue weighted by Gasteiger charge is 2.16. The number of nitrogens with zero attached hydrogens (tertiary/aromatic N) is 4. The van der Waals surface area contributed by atoms with Crippen LogP contribution in [0, 0.1) is 27.2 Å². The summed E-state index contributed by atoms with van der Waals surface area (Å²) in [7, 11) is 1.46. The summed E-state index contributed by atoms with van der Waals surface area (Å²) in [6, 6.07) is 3.13. The predicted molar refractivity (Wildman–Crippen MR) is 92.2 cm³/mol. The minimum atomic E-state index is -0.464. The highest BCUT2D eigenvalue weighted by molar-refractivity contribution is 7.80. The highest BCUT2D eigenvalue weighted by atomic mass is 32.1. The third-order valence-corrected chi connectivity index (χ3v) is 3.83. The van der Waals surface area contributed by atoms with E-state index in [0.717, 1.165) is 11.3 Å². The number of nitro groups is 2. The number of thiophene rings is 1. The largest absolute Gasteiger partial charge is 0.474 e. The number of aromatic nitrogens is 2. The van der Waals surface area contributed by atoms with Crippen LogP contribution in [0.15, 0.2) is 23.7 Å². The Morgan fingerprint density at radius 3 is 2.62 bits per heavy atom. The molecule has 0 bridgehead atoms. The van der Waals surface area contributed by atoms with E-state index >= 15 is 0 Å². The molecule has 0 aliphatic carbocycles. The SMILES string of the molecule is COC(=S)NCCn1c([N+](=O)[O-])cnc1C.O=[N+]([O-])c1cccs1. The van der Waals surface area contributed by atoms with E-state index in [1.807, 2.05) is 0 Å². The number of thiocarbonyl (C=S) groups is 1. The van der Waals surface area contributed by atoms with Gasteiger partial charge < -0.3 is 20.2 Å². The summed E-state index contributed by atoms with van der Waals surface area (Å²) in [5.74, 6) is 0.569. The van der Waals surface area contributed by atoms with Gasteiger partial charge in [-0.25, -0.2) is 9.55 Å².